The van der Waals surface area contributed by atoms with Crippen molar-refractivity contribution in [3.8, 4) is 0 Å². The van der Waals surface area contributed by atoms with Gasteiger partial charge >= 0.3 is 12.1 Å². The van der Waals surface area contributed by atoms with Gasteiger partial charge in [0.15, 0.2) is 12.1 Å². The average Bonchev–Trinajstić information content (AvgIpc) is 2.95. The van der Waals surface area contributed by atoms with Crippen LogP contribution in [0.2, 0.25) is 0 Å². The minimum Gasteiger partial charge on any atom is -0.463 e. The van der Waals surface area contributed by atoms with Crippen LogP contribution in [0.25, 0.3) is 0 Å². The maximum atomic E-state index is 14.2. The summed E-state index contributed by atoms with van der Waals surface area (Å²) < 4.78 is 63.8. The predicted octanol–water partition coefficient (Wildman–Crippen LogP) is 3.59. The number of ether oxygens (including phenoxy) is 4. The first kappa shape index (κ1) is 39.1. The van der Waals surface area contributed by atoms with Gasteiger partial charge in [0.1, 0.15) is 18.1 Å². The number of aliphatic hydroxyl groups is 1. The number of methoxy groups -OCH3 is 1. The summed E-state index contributed by atoms with van der Waals surface area (Å²) in [7, 11) is 7.29. The van der Waals surface area contributed by atoms with E-state index in [1.165, 1.54) is 4.90 Å². The summed E-state index contributed by atoms with van der Waals surface area (Å²) in [6, 6.07) is -0.459. The molecule has 9 atom stereocenters. The van der Waals surface area contributed by atoms with E-state index in [0.717, 1.165) is 0 Å². The molecule has 3 saturated heterocycles. The van der Waals surface area contributed by atoms with Crippen LogP contribution in [-0.2, 0) is 28.5 Å². The Bertz CT molecular complexity index is 1020. The predicted molar refractivity (Wildman–Crippen MR) is 167 cm³/mol. The van der Waals surface area contributed by atoms with Gasteiger partial charge in [-0.3, -0.25) is 19.4 Å². The number of halogens is 3. The molecule has 13 heteroatoms. The Morgan fingerprint density at radius 3 is 2.24 bits per heavy atom. The quantitative estimate of drug-likeness (QED) is 0.335. The first-order valence-corrected chi connectivity index (χ1v) is 16.6. The van der Waals surface area contributed by atoms with Gasteiger partial charge in [-0.2, -0.15) is 13.2 Å². The van der Waals surface area contributed by atoms with Crippen LogP contribution in [0, 0.1) is 23.2 Å². The highest BCUT2D eigenvalue weighted by atomic mass is 19.4. The van der Waals surface area contributed by atoms with Gasteiger partial charge in [0.2, 0.25) is 0 Å². The minimum atomic E-state index is -4.25. The molecular formula is C33H58F3N3O7. The monoisotopic (exact) mass is 665 g/mol. The summed E-state index contributed by atoms with van der Waals surface area (Å²) in [5.74, 6) is -1.86. The van der Waals surface area contributed by atoms with Crippen LogP contribution in [0.1, 0.15) is 67.2 Å². The number of likely N-dealkylation sites (tertiary alicyclic amines) is 1. The molecule has 3 aliphatic heterocycles. The van der Waals surface area contributed by atoms with Crippen LogP contribution in [0.15, 0.2) is 0 Å². The number of cyclic esters (lactones) is 1. The average molecular weight is 666 g/mol. The van der Waals surface area contributed by atoms with Crippen LogP contribution in [-0.4, -0.2) is 141 Å². The Balaban J connectivity index is 1.93. The van der Waals surface area contributed by atoms with Gasteiger partial charge in [-0.05, 0) is 99.4 Å². The molecule has 0 amide bonds. The summed E-state index contributed by atoms with van der Waals surface area (Å²) in [5.41, 5.74) is -2.54. The molecule has 10 nitrogen and oxygen atoms in total. The molecule has 3 aliphatic rings. The van der Waals surface area contributed by atoms with Crippen LogP contribution >= 0.6 is 0 Å². The highest BCUT2D eigenvalue weighted by Gasteiger charge is 2.51. The van der Waals surface area contributed by atoms with Crippen LogP contribution in [0.4, 0.5) is 13.2 Å². The highest BCUT2D eigenvalue weighted by molar-refractivity contribution is 6.04. The van der Waals surface area contributed by atoms with Crippen LogP contribution in [0.3, 0.4) is 0 Å². The van der Waals surface area contributed by atoms with Crippen molar-refractivity contribution >= 4 is 11.8 Å². The lowest BCUT2D eigenvalue weighted by atomic mass is 9.74. The maximum Gasteiger partial charge on any atom is 0.401 e. The number of ketones is 1. The molecule has 3 fully saturated rings. The number of rotatable bonds is 6. The number of Topliss-reactive ketones (excluding diaryl/α,β-unsaturated/α-hetero) is 1. The molecule has 0 saturated carbocycles. The zero-order chi connectivity index (χ0) is 34.8. The van der Waals surface area contributed by atoms with E-state index in [1.807, 2.05) is 39.9 Å². The Hall–Kier alpha value is -1.35. The third-order valence-corrected chi connectivity index (χ3v) is 10.5. The summed E-state index contributed by atoms with van der Waals surface area (Å²) >= 11 is 0. The molecule has 0 aromatic rings. The third-order valence-electron chi connectivity index (χ3n) is 10.5. The van der Waals surface area contributed by atoms with E-state index in [2.05, 4.69) is 11.8 Å². The fraction of sp³-hybridized carbons (Fsp3) is 0.939. The second kappa shape index (κ2) is 15.5. The number of carbonyl (C=O) groups excluding carboxylic acids is 2. The van der Waals surface area contributed by atoms with Crippen LogP contribution in [0.5, 0.6) is 0 Å². The highest BCUT2D eigenvalue weighted by Crippen LogP contribution is 2.39. The van der Waals surface area contributed by atoms with E-state index < -0.39 is 54.1 Å². The molecule has 3 rings (SSSR count). The van der Waals surface area contributed by atoms with E-state index in [1.54, 1.807) is 27.9 Å². The Morgan fingerprint density at radius 1 is 1.09 bits per heavy atom. The van der Waals surface area contributed by atoms with E-state index in [-0.39, 0.29) is 42.4 Å². The lowest BCUT2D eigenvalue weighted by Crippen LogP contribution is -2.59. The van der Waals surface area contributed by atoms with Gasteiger partial charge in [0, 0.05) is 31.7 Å². The van der Waals surface area contributed by atoms with E-state index in [4.69, 9.17) is 18.9 Å². The molecule has 0 radical (unpaired) electrons. The van der Waals surface area contributed by atoms with Crippen molar-refractivity contribution in [1.29, 1.82) is 0 Å². The molecular weight excluding hydrogens is 607 g/mol. The number of esters is 1. The first-order valence-electron chi connectivity index (χ1n) is 16.6. The molecule has 1 unspecified atom stereocenters. The topological polar surface area (TPSA) is 101 Å². The fourth-order valence-corrected chi connectivity index (χ4v) is 7.81. The molecule has 3 heterocycles. The summed E-state index contributed by atoms with van der Waals surface area (Å²) in [6.45, 7) is 11.0. The summed E-state index contributed by atoms with van der Waals surface area (Å²) in [5, 5.41) is 11.3. The van der Waals surface area contributed by atoms with Crippen molar-refractivity contribution in [3.63, 3.8) is 0 Å². The van der Waals surface area contributed by atoms with E-state index in [0.29, 0.717) is 45.3 Å². The molecule has 46 heavy (non-hydrogen) atoms. The molecule has 0 spiro atoms. The third kappa shape index (κ3) is 9.41. The minimum absolute atomic E-state index is 0.0128. The van der Waals surface area contributed by atoms with Gasteiger partial charge in [0.25, 0.3) is 0 Å². The zero-order valence-corrected chi connectivity index (χ0v) is 29.4. The Morgan fingerprint density at radius 2 is 1.70 bits per heavy atom. The number of carbonyl (C=O) groups is 2. The Kier molecular flexibility index (Phi) is 13.1. The number of alkyl halides is 3. The number of piperidine rings is 1. The molecule has 0 bridgehead atoms. The lowest BCUT2D eigenvalue weighted by molar-refractivity contribution is -0.295. The summed E-state index contributed by atoms with van der Waals surface area (Å²) in [6.07, 6.45) is -5.17. The second-order valence-electron chi connectivity index (χ2n) is 15.1. The standard InChI is InChI=1S/C33H58F3N3O7/c1-20-16-32(6,43-10)28(46-29-26(40)24(37(7)8)15-21(2)45-29)22(3)27(41)31(4,5)30(42)44-18-25(38(9)17-20)23-11-13-39(14-12-23)19-33(34,35)36/h20-26,28-29,40H,11-19H2,1-10H3/t20-,21-,22+,24+,25?,26-,28-,29+,32-/m1/s1. The number of likely N-dealkylation sites (N-methyl/N-ethyl adjacent to an activating group) is 2. The fourth-order valence-electron chi connectivity index (χ4n) is 7.81. The zero-order valence-electron chi connectivity index (χ0n) is 29.4. The van der Waals surface area contributed by atoms with E-state index >= 15 is 0 Å². The van der Waals surface area contributed by atoms with Gasteiger partial charge in [0.05, 0.1) is 24.4 Å². The largest absolute Gasteiger partial charge is 0.463 e. The van der Waals surface area contributed by atoms with Crippen molar-refractivity contribution in [2.75, 3.05) is 61.0 Å². The lowest BCUT2D eigenvalue weighted by Gasteiger charge is -2.47. The van der Waals surface area contributed by atoms with Gasteiger partial charge < -0.3 is 29.0 Å². The van der Waals surface area contributed by atoms with Gasteiger partial charge in [-0.25, -0.2) is 0 Å². The number of hydrogen-bond acceptors (Lipinski definition) is 10. The normalized spacial score (nSPS) is 38.6. The summed E-state index contributed by atoms with van der Waals surface area (Å²) in [4.78, 5) is 33.3. The van der Waals surface area contributed by atoms with Crippen molar-refractivity contribution in [2.24, 2.45) is 23.2 Å². The molecule has 0 aliphatic carbocycles. The number of nitrogens with zero attached hydrogens (tertiary/aromatic N) is 3. The molecule has 1 N–H and O–H groups in total. The van der Waals surface area contributed by atoms with Gasteiger partial charge in [-0.1, -0.05) is 13.8 Å². The second-order valence-corrected chi connectivity index (χ2v) is 15.1. The molecule has 0 aromatic carbocycles. The molecule has 0 aromatic heterocycles. The Labute approximate surface area is 273 Å². The smallest absolute Gasteiger partial charge is 0.401 e. The first-order chi connectivity index (χ1) is 21.2. The number of aliphatic hydroxyl groups excluding tert-OH is 1. The van der Waals surface area contributed by atoms with Crippen molar-refractivity contribution in [2.45, 2.75) is 116 Å². The van der Waals surface area contributed by atoms with Crippen molar-refractivity contribution in [3.05, 3.63) is 0 Å². The number of hydrogen-bond donors (Lipinski definition) is 1. The molecule has 268 valence electrons. The van der Waals surface area contributed by atoms with Crippen molar-refractivity contribution < 1.29 is 46.8 Å². The van der Waals surface area contributed by atoms with E-state index in [9.17, 15) is 27.9 Å². The maximum absolute atomic E-state index is 14.2. The van der Waals surface area contributed by atoms with Crippen molar-refractivity contribution in [1.82, 2.24) is 14.7 Å². The SMILES string of the molecule is CO[C@]1(C)C[C@@H](C)CN(C)C(C2CCN(CC(F)(F)F)CC2)COC(=O)C(C)(C)C(=O)[C@H](C)[C@H]1O[C@@H]1O[C@H](C)C[C@H](N(C)C)[C@H]1O. The van der Waals surface area contributed by atoms with Gasteiger partial charge in [-0.15, -0.1) is 0 Å². The van der Waals surface area contributed by atoms with Crippen LogP contribution < -0.4 is 0 Å².